The first-order valence-corrected chi connectivity index (χ1v) is 30.2. The number of piperidine rings is 2. The lowest BCUT2D eigenvalue weighted by Crippen LogP contribution is -2.57. The number of rotatable bonds is 19. The Hall–Kier alpha value is -7.22. The van der Waals surface area contributed by atoms with Crippen LogP contribution in [0.5, 0.6) is 11.5 Å². The summed E-state index contributed by atoms with van der Waals surface area (Å²) in [5, 5.41) is 14.6. The van der Waals surface area contributed by atoms with E-state index in [9.17, 15) is 28.8 Å². The number of aromatic nitrogens is 2. The Morgan fingerprint density at radius 2 is 1.47 bits per heavy atom. The van der Waals surface area contributed by atoms with Crippen LogP contribution in [0.25, 0.3) is 10.8 Å². The fourth-order valence-electron chi connectivity index (χ4n) is 13.0. The lowest BCUT2D eigenvalue weighted by atomic mass is 9.83. The lowest BCUT2D eigenvalue weighted by Gasteiger charge is -2.41. The van der Waals surface area contributed by atoms with Crippen LogP contribution in [0.4, 0.5) is 4.39 Å². The number of carbonyl (C=O) groups excluding carboxylic acids is 5. The van der Waals surface area contributed by atoms with Gasteiger partial charge in [0.25, 0.3) is 17.4 Å². The molecule has 4 aliphatic heterocycles. The Morgan fingerprint density at radius 3 is 2.23 bits per heavy atom. The third-order valence-corrected chi connectivity index (χ3v) is 17.8. The van der Waals surface area contributed by atoms with E-state index in [1.54, 1.807) is 41.2 Å². The van der Waals surface area contributed by atoms with Gasteiger partial charge in [0, 0.05) is 113 Å². The van der Waals surface area contributed by atoms with Crippen LogP contribution < -0.4 is 25.7 Å². The molecule has 0 unspecified atom stereocenters. The summed E-state index contributed by atoms with van der Waals surface area (Å²) in [6.07, 6.45) is 9.07. The Kier molecular flexibility index (Phi) is 19.8. The number of nitrogens with zero attached hydrogens (tertiary/aromatic N) is 7. The van der Waals surface area contributed by atoms with Gasteiger partial charge in [-0.15, -0.1) is 0 Å². The van der Waals surface area contributed by atoms with Crippen molar-refractivity contribution in [3.8, 4) is 11.5 Å². The van der Waals surface area contributed by atoms with Crippen LogP contribution >= 0.6 is 0 Å². The van der Waals surface area contributed by atoms with Gasteiger partial charge in [-0.2, -0.15) is 5.10 Å². The average Bonchev–Trinajstić information content (AvgIpc) is 3.61. The van der Waals surface area contributed by atoms with Crippen LogP contribution in [0.2, 0.25) is 0 Å². The number of halogens is 1. The first kappa shape index (κ1) is 59.0. The number of benzene rings is 4. The smallest absolute Gasteiger partial charge is 0.272 e. The van der Waals surface area contributed by atoms with E-state index in [1.165, 1.54) is 6.07 Å². The summed E-state index contributed by atoms with van der Waals surface area (Å²) in [7, 11) is 1.62. The molecule has 4 saturated heterocycles. The minimum absolute atomic E-state index is 0.00877. The number of carbonyl (C=O) groups is 5. The van der Waals surface area contributed by atoms with Gasteiger partial charge in [-0.1, -0.05) is 61.7 Å². The number of hydrogen-bond donors (Lipinski definition) is 3. The summed E-state index contributed by atoms with van der Waals surface area (Å²) in [6, 6.07) is 24.5. The van der Waals surface area contributed by atoms with Gasteiger partial charge in [-0.3, -0.25) is 38.6 Å². The van der Waals surface area contributed by atoms with Gasteiger partial charge in [0.2, 0.25) is 17.7 Å². The van der Waals surface area contributed by atoms with Gasteiger partial charge in [0.05, 0.1) is 43.4 Å². The van der Waals surface area contributed by atoms with Gasteiger partial charge < -0.3 is 39.7 Å². The molecule has 0 radical (unpaired) electrons. The highest BCUT2D eigenvalue weighted by molar-refractivity contribution is 5.98. The molecule has 83 heavy (non-hydrogen) atoms. The molecule has 5 fully saturated rings. The molecular weight excluding hydrogens is 1060 g/mol. The van der Waals surface area contributed by atoms with Crippen molar-refractivity contribution in [1.82, 2.24) is 50.2 Å². The molecule has 1 aromatic heterocycles. The highest BCUT2D eigenvalue weighted by Crippen LogP contribution is 2.31. The third-order valence-electron chi connectivity index (χ3n) is 17.8. The molecule has 3 N–H and O–H groups in total. The van der Waals surface area contributed by atoms with Crippen LogP contribution in [0, 0.1) is 17.7 Å². The summed E-state index contributed by atoms with van der Waals surface area (Å²) in [5.41, 5.74) is 3.51. The summed E-state index contributed by atoms with van der Waals surface area (Å²) >= 11 is 0. The summed E-state index contributed by atoms with van der Waals surface area (Å²) < 4.78 is 26.3. The molecule has 1 saturated carbocycles. The van der Waals surface area contributed by atoms with Crippen molar-refractivity contribution < 1.29 is 37.8 Å². The molecule has 5 heterocycles. The highest BCUT2D eigenvalue weighted by atomic mass is 19.1. The topological polar surface area (TPSA) is 193 Å². The lowest BCUT2D eigenvalue weighted by molar-refractivity contribution is -0.137. The zero-order chi connectivity index (χ0) is 57.8. The molecule has 442 valence electrons. The number of hydrogen-bond acceptors (Lipinski definition) is 12. The predicted molar refractivity (Wildman–Crippen MR) is 315 cm³/mol. The number of nitrogens with one attached hydrogen (secondary N) is 3. The van der Waals surface area contributed by atoms with Crippen molar-refractivity contribution in [3.63, 3.8) is 0 Å². The monoisotopic (exact) mass is 1140 g/mol. The maximum absolute atomic E-state index is 15.2. The first-order chi connectivity index (χ1) is 40.4. The first-order valence-electron chi connectivity index (χ1n) is 30.2. The summed E-state index contributed by atoms with van der Waals surface area (Å²) in [6.45, 7) is 11.4. The molecule has 0 bridgehead atoms. The third kappa shape index (κ3) is 14.8. The fraction of sp³-hybridized carbons (Fsp3) is 0.516. The van der Waals surface area contributed by atoms with Gasteiger partial charge in [-0.25, -0.2) is 9.49 Å². The number of likely N-dealkylation sites (tertiary alicyclic amines) is 2. The largest absolute Gasteiger partial charge is 0.497 e. The van der Waals surface area contributed by atoms with Crippen molar-refractivity contribution in [1.29, 1.82) is 0 Å². The number of amides is 5. The van der Waals surface area contributed by atoms with Crippen LogP contribution in [0.15, 0.2) is 89.7 Å². The minimum atomic E-state index is -0.609. The Balaban J connectivity index is 0.650. The van der Waals surface area contributed by atoms with Crippen LogP contribution in [0.1, 0.15) is 114 Å². The molecule has 5 amide bonds. The van der Waals surface area contributed by atoms with E-state index in [2.05, 4.69) is 30.6 Å². The van der Waals surface area contributed by atoms with Crippen molar-refractivity contribution in [3.05, 3.63) is 135 Å². The number of fused-ring (bicyclic) bond motifs is 1. The zero-order valence-corrected chi connectivity index (χ0v) is 48.3. The van der Waals surface area contributed by atoms with E-state index in [-0.39, 0.29) is 53.1 Å². The minimum Gasteiger partial charge on any atom is -0.497 e. The van der Waals surface area contributed by atoms with Gasteiger partial charge >= 0.3 is 0 Å². The van der Waals surface area contributed by atoms with E-state index in [0.29, 0.717) is 118 Å². The van der Waals surface area contributed by atoms with Crippen molar-refractivity contribution in [2.24, 2.45) is 11.8 Å². The van der Waals surface area contributed by atoms with E-state index in [1.807, 2.05) is 71.3 Å². The maximum atomic E-state index is 15.2. The highest BCUT2D eigenvalue weighted by Gasteiger charge is 2.37. The second-order valence-electron chi connectivity index (χ2n) is 23.2. The maximum Gasteiger partial charge on any atom is 0.272 e. The molecule has 5 aliphatic rings. The van der Waals surface area contributed by atoms with Crippen LogP contribution in [-0.4, -0.2) is 187 Å². The van der Waals surface area contributed by atoms with E-state index in [4.69, 9.17) is 9.47 Å². The molecular formula is C64H81FN10O8. The number of H-pyrrole nitrogens is 1. The SMILES string of the molecule is CCOc1cc(OC)ccc1CNCC(=O)N1CCC[C@@H](c2cccc(C(=O)N[C@@H](C(=O)N3CCN(CC4CCN(CC(=O)N5CCN(C(=O)c6cc(Cc7n[nH]c(=O)c8ccccc78)ccc6F)CC5)CC4)CC3)C3CCCCC3)c2)C1. The quantitative estimate of drug-likeness (QED) is 0.0866. The molecule has 18 nitrogen and oxygen atoms in total. The number of methoxy groups -OCH3 is 1. The van der Waals surface area contributed by atoms with Crippen molar-refractivity contribution in [2.75, 3.05) is 112 Å². The van der Waals surface area contributed by atoms with Crippen molar-refractivity contribution in [2.45, 2.75) is 89.6 Å². The number of aromatic amines is 1. The fourth-order valence-corrected chi connectivity index (χ4v) is 13.0. The standard InChI is InChI=1S/C64H81FN10O8/c1-3-83-57-38-51(82-2)20-19-49(57)39-66-40-58(76)75-24-10-15-50(42-75)47-13-9-14-48(37-47)61(78)67-60(46-11-5-4-6-12-46)64(81)74-29-27-71(28-30-74)41-44-22-25-70(26-23-44)43-59(77)72-31-33-73(34-32-72)63(80)54-35-45(18-21-55(54)65)36-56-52-16-7-8-17-53(52)62(79)69-68-56/h7-9,13-14,16-21,35,37-38,44,46,50,60,66H,3-6,10-12,15,22-34,36,39-43H2,1-2H3,(H,67,78)(H,69,79)/t50-,60-/m1/s1. The average molecular weight is 1140 g/mol. The van der Waals surface area contributed by atoms with Crippen molar-refractivity contribution >= 4 is 40.3 Å². The Morgan fingerprint density at radius 1 is 0.723 bits per heavy atom. The Bertz CT molecular complexity index is 3140. The summed E-state index contributed by atoms with van der Waals surface area (Å²) in [5.74, 6) is 0.913. The molecule has 5 aromatic rings. The van der Waals surface area contributed by atoms with Gasteiger partial charge in [0.15, 0.2) is 0 Å². The van der Waals surface area contributed by atoms with E-state index >= 15 is 4.39 Å². The molecule has 4 aromatic carbocycles. The van der Waals surface area contributed by atoms with E-state index in [0.717, 1.165) is 107 Å². The van der Waals surface area contributed by atoms with E-state index < -0.39 is 17.8 Å². The molecule has 2 atom stereocenters. The Labute approximate surface area is 486 Å². The normalized spacial score (nSPS) is 19.1. The molecule has 19 heteroatoms. The predicted octanol–water partition coefficient (Wildman–Crippen LogP) is 6.08. The van der Waals surface area contributed by atoms with Crippen LogP contribution in [0.3, 0.4) is 0 Å². The second-order valence-corrected chi connectivity index (χ2v) is 23.2. The molecule has 1 aliphatic carbocycles. The van der Waals surface area contributed by atoms with Crippen LogP contribution in [-0.2, 0) is 27.3 Å². The summed E-state index contributed by atoms with van der Waals surface area (Å²) in [4.78, 5) is 93.7. The van der Waals surface area contributed by atoms with Gasteiger partial charge in [0.1, 0.15) is 23.4 Å². The number of ether oxygens (including phenoxy) is 2. The zero-order valence-electron chi connectivity index (χ0n) is 48.3. The second kappa shape index (κ2) is 27.9. The number of piperazine rings is 2. The molecule has 0 spiro atoms. The molecule has 10 rings (SSSR count). The van der Waals surface area contributed by atoms with Gasteiger partial charge in [-0.05, 0) is 118 Å².